The van der Waals surface area contributed by atoms with Crippen molar-refractivity contribution in [2.24, 2.45) is 0 Å². The van der Waals surface area contributed by atoms with E-state index in [2.05, 4.69) is 0 Å². The largest absolute Gasteiger partial charge is 0.478 e. The van der Waals surface area contributed by atoms with E-state index in [1.165, 1.54) is 0 Å². The van der Waals surface area contributed by atoms with Crippen molar-refractivity contribution in [3.05, 3.63) is 29.3 Å². The molecule has 11 heteroatoms. The minimum Gasteiger partial charge on any atom is -0.478 e. The first-order chi connectivity index (χ1) is 7.23. The monoisotopic (exact) mass is 315 g/mol. The summed E-state index contributed by atoms with van der Waals surface area (Å²) in [6.07, 6.45) is 0. The Labute approximate surface area is 175 Å². The molecule has 0 amide bonds. The number of benzene rings is 1. The molecule has 3 radical (unpaired) electrons. The second-order valence-electron chi connectivity index (χ2n) is 2.80. The first kappa shape index (κ1) is 25.0. The molecule has 1 aromatic carbocycles. The molecule has 7 nitrogen and oxygen atoms in total. The van der Waals surface area contributed by atoms with Gasteiger partial charge in [-0.25, -0.2) is 9.59 Å². The van der Waals surface area contributed by atoms with E-state index in [-0.39, 0.29) is 88.7 Å². The fourth-order valence-corrected chi connectivity index (χ4v) is 1.75. The summed E-state index contributed by atoms with van der Waals surface area (Å²) in [6.45, 7) is 0. The minimum atomic E-state index is -4.78. The summed E-state index contributed by atoms with van der Waals surface area (Å²) in [6, 6.07) is 2.32. The molecule has 0 aromatic heterocycles. The predicted octanol–water partition coefficient (Wildman–Crippen LogP) is -0.813. The van der Waals surface area contributed by atoms with Crippen molar-refractivity contribution in [1.82, 2.24) is 0 Å². The first-order valence-corrected chi connectivity index (χ1v) is 5.25. The average Bonchev–Trinajstić information content (AvgIpc) is 2.15. The fraction of sp³-hybridized carbons (Fsp3) is 0. The molecule has 0 atom stereocenters. The summed E-state index contributed by atoms with van der Waals surface area (Å²) in [5, 5.41) is 17.2. The van der Waals surface area contributed by atoms with Crippen LogP contribution in [0.15, 0.2) is 23.1 Å². The first-order valence-electron chi connectivity index (χ1n) is 3.81. The van der Waals surface area contributed by atoms with E-state index in [0.29, 0.717) is 6.07 Å². The molecule has 0 saturated heterocycles. The van der Waals surface area contributed by atoms with Crippen LogP contribution in [0.3, 0.4) is 0 Å². The minimum absolute atomic E-state index is 0. The molecule has 0 spiro atoms. The molecule has 0 aliphatic carbocycles. The zero-order valence-corrected chi connectivity index (χ0v) is 17.4. The molecule has 0 heterocycles. The number of carboxylic acid groups (broad SMARTS) is 2. The van der Waals surface area contributed by atoms with Gasteiger partial charge >= 0.3 is 11.9 Å². The molecule has 0 bridgehead atoms. The Morgan fingerprint density at radius 2 is 1.42 bits per heavy atom. The molecule has 0 saturated carbocycles. The molecule has 89 valence electrons. The van der Waals surface area contributed by atoms with Crippen LogP contribution in [-0.2, 0) is 10.1 Å². The Bertz CT molecular complexity index is 570. The van der Waals surface area contributed by atoms with Crippen molar-refractivity contribution in [2.75, 3.05) is 0 Å². The number of aromatic carboxylic acids is 2. The molecule has 1 rings (SSSR count). The van der Waals surface area contributed by atoms with Gasteiger partial charge in [-0.05, 0) is 18.2 Å². The molecule has 3 N–H and O–H groups in total. The van der Waals surface area contributed by atoms with Gasteiger partial charge in [0, 0.05) is 88.7 Å². The van der Waals surface area contributed by atoms with Gasteiger partial charge in [-0.1, -0.05) is 0 Å². The van der Waals surface area contributed by atoms with Crippen LogP contribution in [0, 0.1) is 0 Å². The molecule has 0 aliphatic heterocycles. The molecule has 19 heavy (non-hydrogen) atoms. The molecule has 0 aliphatic rings. The summed E-state index contributed by atoms with van der Waals surface area (Å²) in [4.78, 5) is 20.2. The van der Waals surface area contributed by atoms with E-state index >= 15 is 0 Å². The zero-order valence-electron chi connectivity index (χ0n) is 10.6. The normalized spacial score (nSPS) is 9.32. The van der Waals surface area contributed by atoms with Gasteiger partial charge in [-0.15, -0.1) is 0 Å². The summed E-state index contributed by atoms with van der Waals surface area (Å²) in [7, 11) is -4.78. The summed E-state index contributed by atoms with van der Waals surface area (Å²) < 4.78 is 30.4. The van der Waals surface area contributed by atoms with Gasteiger partial charge in [-0.3, -0.25) is 4.55 Å². The molecule has 0 unspecified atom stereocenters. The number of carbonyl (C=O) groups is 2. The molecule has 1 aromatic rings. The standard InChI is InChI=1S/C8H6O7S.3Na/c9-7(10)4-1-2-5(8(11)12)6(3-4)16(13,14)15;;;/h1-3H,(H,9,10)(H,11,12)(H,13,14,15);;;. The van der Waals surface area contributed by atoms with E-state index in [9.17, 15) is 18.0 Å². The van der Waals surface area contributed by atoms with E-state index in [4.69, 9.17) is 14.8 Å². The van der Waals surface area contributed by atoms with E-state index < -0.39 is 38.1 Å². The van der Waals surface area contributed by atoms with Gasteiger partial charge in [0.25, 0.3) is 10.1 Å². The number of rotatable bonds is 3. The van der Waals surface area contributed by atoms with Crippen LogP contribution in [0.2, 0.25) is 0 Å². The van der Waals surface area contributed by atoms with Crippen LogP contribution < -0.4 is 0 Å². The van der Waals surface area contributed by atoms with Gasteiger partial charge < -0.3 is 10.2 Å². The predicted molar refractivity (Wildman–Crippen MR) is 67.4 cm³/mol. The topological polar surface area (TPSA) is 129 Å². The smallest absolute Gasteiger partial charge is 0.337 e. The van der Waals surface area contributed by atoms with Crippen LogP contribution in [0.5, 0.6) is 0 Å². The summed E-state index contributed by atoms with van der Waals surface area (Å²) in [5.41, 5.74) is -1.12. The third-order valence-corrected chi connectivity index (χ3v) is 2.63. The Morgan fingerprint density at radius 1 is 0.947 bits per heavy atom. The second-order valence-corrected chi connectivity index (χ2v) is 4.19. The molecule has 0 fully saturated rings. The number of hydrogen-bond donors (Lipinski definition) is 3. The Kier molecular flexibility index (Phi) is 13.1. The van der Waals surface area contributed by atoms with E-state index in [0.717, 1.165) is 12.1 Å². The third kappa shape index (κ3) is 7.05. The van der Waals surface area contributed by atoms with Crippen molar-refractivity contribution < 1.29 is 32.8 Å². The zero-order chi connectivity index (χ0) is 12.5. The third-order valence-electron chi connectivity index (χ3n) is 1.74. The van der Waals surface area contributed by atoms with Crippen molar-refractivity contribution in [1.29, 1.82) is 0 Å². The van der Waals surface area contributed by atoms with Crippen molar-refractivity contribution >= 4 is 111 Å². The Morgan fingerprint density at radius 3 is 1.74 bits per heavy atom. The van der Waals surface area contributed by atoms with E-state index in [1.54, 1.807) is 0 Å². The van der Waals surface area contributed by atoms with Gasteiger partial charge in [0.05, 0.1) is 11.1 Å². The van der Waals surface area contributed by atoms with Crippen LogP contribution in [0.1, 0.15) is 20.7 Å². The van der Waals surface area contributed by atoms with Crippen LogP contribution in [0.4, 0.5) is 0 Å². The molecular formula is C8H6Na3O7S. The maximum absolute atomic E-state index is 10.8. The number of carboxylic acids is 2. The SMILES string of the molecule is O=C(O)c1ccc(C(=O)O)c(S(=O)(=O)O)c1.[Na].[Na].[Na]. The van der Waals surface area contributed by atoms with Crippen LogP contribution in [0.25, 0.3) is 0 Å². The quantitative estimate of drug-likeness (QED) is 0.491. The van der Waals surface area contributed by atoms with Gasteiger partial charge in [0.1, 0.15) is 4.90 Å². The van der Waals surface area contributed by atoms with Crippen molar-refractivity contribution in [2.45, 2.75) is 4.90 Å². The van der Waals surface area contributed by atoms with Crippen LogP contribution in [-0.4, -0.2) is 124 Å². The van der Waals surface area contributed by atoms with Gasteiger partial charge in [0.2, 0.25) is 0 Å². The van der Waals surface area contributed by atoms with Gasteiger partial charge in [-0.2, -0.15) is 8.42 Å². The molecular weight excluding hydrogens is 309 g/mol. The van der Waals surface area contributed by atoms with Crippen molar-refractivity contribution in [3.63, 3.8) is 0 Å². The number of hydrogen-bond acceptors (Lipinski definition) is 4. The summed E-state index contributed by atoms with van der Waals surface area (Å²) >= 11 is 0. The van der Waals surface area contributed by atoms with Crippen molar-refractivity contribution in [3.8, 4) is 0 Å². The van der Waals surface area contributed by atoms with Gasteiger partial charge in [0.15, 0.2) is 0 Å². The van der Waals surface area contributed by atoms with E-state index in [1.807, 2.05) is 0 Å². The van der Waals surface area contributed by atoms with Crippen LogP contribution >= 0.6 is 0 Å². The average molecular weight is 315 g/mol. The maximum Gasteiger partial charge on any atom is 0.337 e. The fourth-order valence-electron chi connectivity index (χ4n) is 1.05. The maximum atomic E-state index is 10.8. The summed E-state index contributed by atoms with van der Waals surface area (Å²) in [5.74, 6) is -3.01. The second kappa shape index (κ2) is 9.91. The Balaban J connectivity index is -0.000000853. The Hall–Kier alpha value is 1.07.